The quantitative estimate of drug-likeness (QED) is 0.429. The molecule has 0 fully saturated rings. The Balaban J connectivity index is 4.11. The van der Waals surface area contributed by atoms with Gasteiger partial charge in [-0.25, -0.2) is 4.79 Å². The third-order valence-electron chi connectivity index (χ3n) is 2.04. The first kappa shape index (κ1) is 15.4. The van der Waals surface area contributed by atoms with E-state index in [-0.39, 0.29) is 31.7 Å². The van der Waals surface area contributed by atoms with Crippen LogP contribution in [0.1, 0.15) is 26.2 Å². The molecule has 7 nitrogen and oxygen atoms in total. The number of nitrogens with two attached hydrogens (primary N) is 1. The Bertz CT molecular complexity index is 281. The Hall–Kier alpha value is -1.63. The Morgan fingerprint density at radius 1 is 1.24 bits per heavy atom. The molecular weight excluding hydrogens is 226 g/mol. The summed E-state index contributed by atoms with van der Waals surface area (Å²) in [6, 6.07) is -1.04. The lowest BCUT2D eigenvalue weighted by Gasteiger charge is -2.13. The fraction of sp³-hybridized carbons (Fsp3) is 0.700. The maximum absolute atomic E-state index is 11.2. The molecule has 2 amide bonds. The first-order valence-corrected chi connectivity index (χ1v) is 5.50. The van der Waals surface area contributed by atoms with E-state index >= 15 is 0 Å². The Morgan fingerprint density at radius 2 is 1.88 bits per heavy atom. The van der Waals surface area contributed by atoms with E-state index in [9.17, 15) is 14.4 Å². The molecule has 5 N–H and O–H groups in total. The number of hydrogen-bond donors (Lipinski definition) is 4. The number of rotatable bonds is 8. The number of carboxylic acid groups (broad SMARTS) is 1. The van der Waals surface area contributed by atoms with Crippen LogP contribution in [0.15, 0.2) is 0 Å². The van der Waals surface area contributed by atoms with Gasteiger partial charge >= 0.3 is 5.97 Å². The second kappa shape index (κ2) is 8.51. The minimum Gasteiger partial charge on any atom is -0.480 e. The van der Waals surface area contributed by atoms with Gasteiger partial charge in [0.1, 0.15) is 6.04 Å². The van der Waals surface area contributed by atoms with E-state index in [1.165, 1.54) is 0 Å². The largest absolute Gasteiger partial charge is 0.480 e. The fourth-order valence-electron chi connectivity index (χ4n) is 1.22. The van der Waals surface area contributed by atoms with Gasteiger partial charge in [0.25, 0.3) is 0 Å². The van der Waals surface area contributed by atoms with E-state index in [1.54, 1.807) is 6.92 Å². The van der Waals surface area contributed by atoms with E-state index < -0.39 is 17.9 Å². The molecule has 0 aromatic carbocycles. The molecule has 0 saturated carbocycles. The first-order valence-electron chi connectivity index (χ1n) is 5.50. The Morgan fingerprint density at radius 3 is 2.35 bits per heavy atom. The van der Waals surface area contributed by atoms with Gasteiger partial charge in [-0.2, -0.15) is 0 Å². The number of carboxylic acids is 1. The summed E-state index contributed by atoms with van der Waals surface area (Å²) in [5.41, 5.74) is 5.17. The molecule has 0 aromatic heterocycles. The zero-order valence-corrected chi connectivity index (χ0v) is 9.86. The van der Waals surface area contributed by atoms with Crippen LogP contribution in [-0.2, 0) is 14.4 Å². The summed E-state index contributed by atoms with van der Waals surface area (Å²) in [7, 11) is 0. The summed E-state index contributed by atoms with van der Waals surface area (Å²) in [5, 5.41) is 13.7. The lowest BCUT2D eigenvalue weighted by molar-refractivity contribution is -0.142. The summed E-state index contributed by atoms with van der Waals surface area (Å²) >= 11 is 0. The molecule has 0 spiro atoms. The molecule has 0 rings (SSSR count). The minimum absolute atomic E-state index is 0.0632. The zero-order valence-electron chi connectivity index (χ0n) is 9.86. The van der Waals surface area contributed by atoms with Crippen molar-refractivity contribution in [3.05, 3.63) is 0 Å². The van der Waals surface area contributed by atoms with Gasteiger partial charge in [-0.3, -0.25) is 9.59 Å². The van der Waals surface area contributed by atoms with Gasteiger partial charge in [0.15, 0.2) is 0 Å². The van der Waals surface area contributed by atoms with Crippen LogP contribution in [0.2, 0.25) is 0 Å². The topological polar surface area (TPSA) is 122 Å². The maximum atomic E-state index is 11.2. The summed E-state index contributed by atoms with van der Waals surface area (Å²) in [4.78, 5) is 33.2. The highest BCUT2D eigenvalue weighted by Crippen LogP contribution is 1.98. The number of aliphatic carboxylic acids is 1. The molecule has 17 heavy (non-hydrogen) atoms. The Kier molecular flexibility index (Phi) is 7.70. The summed E-state index contributed by atoms with van der Waals surface area (Å²) in [6.45, 7) is 2.43. The molecule has 0 bridgehead atoms. The molecule has 0 aliphatic rings. The van der Waals surface area contributed by atoms with Gasteiger partial charge in [0, 0.05) is 25.9 Å². The SMILES string of the molecule is CCNC(=O)CC[C@H](NC(=O)CCN)C(=O)O. The predicted octanol–water partition coefficient (Wildman–Crippen LogP) is -1.18. The van der Waals surface area contributed by atoms with Crippen molar-refractivity contribution in [1.82, 2.24) is 10.6 Å². The van der Waals surface area contributed by atoms with E-state index in [1.807, 2.05) is 0 Å². The van der Waals surface area contributed by atoms with E-state index in [0.717, 1.165) is 0 Å². The van der Waals surface area contributed by atoms with E-state index in [4.69, 9.17) is 10.8 Å². The lowest BCUT2D eigenvalue weighted by atomic mass is 10.1. The number of carbonyl (C=O) groups excluding carboxylic acids is 2. The number of hydrogen-bond acceptors (Lipinski definition) is 4. The number of carbonyl (C=O) groups is 3. The van der Waals surface area contributed by atoms with Crippen molar-refractivity contribution in [2.75, 3.05) is 13.1 Å². The van der Waals surface area contributed by atoms with Crippen LogP contribution >= 0.6 is 0 Å². The van der Waals surface area contributed by atoms with Crippen molar-refractivity contribution < 1.29 is 19.5 Å². The first-order chi connectivity index (χ1) is 8.01. The molecule has 0 aliphatic carbocycles. The van der Waals surface area contributed by atoms with Crippen molar-refractivity contribution in [1.29, 1.82) is 0 Å². The van der Waals surface area contributed by atoms with Gasteiger partial charge in [-0.15, -0.1) is 0 Å². The predicted molar refractivity (Wildman–Crippen MR) is 61.2 cm³/mol. The molecule has 0 unspecified atom stereocenters. The summed E-state index contributed by atoms with van der Waals surface area (Å²) in [6.07, 6.45) is 0.204. The van der Waals surface area contributed by atoms with Crippen LogP contribution in [-0.4, -0.2) is 42.0 Å². The maximum Gasteiger partial charge on any atom is 0.326 e. The molecule has 0 heterocycles. The van der Waals surface area contributed by atoms with Crippen molar-refractivity contribution in [3.63, 3.8) is 0 Å². The lowest BCUT2D eigenvalue weighted by Crippen LogP contribution is -2.42. The van der Waals surface area contributed by atoms with Crippen LogP contribution in [0.3, 0.4) is 0 Å². The van der Waals surface area contributed by atoms with Crippen molar-refractivity contribution in [2.24, 2.45) is 5.73 Å². The van der Waals surface area contributed by atoms with Gasteiger partial charge < -0.3 is 21.5 Å². The molecule has 0 aromatic rings. The van der Waals surface area contributed by atoms with Crippen LogP contribution in [0.25, 0.3) is 0 Å². The van der Waals surface area contributed by atoms with Crippen molar-refractivity contribution in [3.8, 4) is 0 Å². The molecular formula is C10H19N3O4. The second-order valence-electron chi connectivity index (χ2n) is 3.49. The highest BCUT2D eigenvalue weighted by atomic mass is 16.4. The van der Waals surface area contributed by atoms with Crippen molar-refractivity contribution >= 4 is 17.8 Å². The number of amides is 2. The van der Waals surface area contributed by atoms with Crippen LogP contribution in [0.5, 0.6) is 0 Å². The standard InChI is InChI=1S/C10H19N3O4/c1-2-12-8(14)4-3-7(10(16)17)13-9(15)5-6-11/h7H,2-6,11H2,1H3,(H,12,14)(H,13,15)(H,16,17)/t7-/m0/s1. The van der Waals surface area contributed by atoms with Gasteiger partial charge in [0.05, 0.1) is 0 Å². The molecule has 1 atom stereocenters. The van der Waals surface area contributed by atoms with Crippen LogP contribution in [0.4, 0.5) is 0 Å². The van der Waals surface area contributed by atoms with Crippen molar-refractivity contribution in [2.45, 2.75) is 32.2 Å². The van der Waals surface area contributed by atoms with Gasteiger partial charge in [0.2, 0.25) is 11.8 Å². The fourth-order valence-corrected chi connectivity index (χ4v) is 1.22. The molecule has 0 aliphatic heterocycles. The Labute approximate surface area is 99.7 Å². The molecule has 0 radical (unpaired) electrons. The molecule has 7 heteroatoms. The minimum atomic E-state index is -1.15. The van der Waals surface area contributed by atoms with Gasteiger partial charge in [-0.1, -0.05) is 0 Å². The summed E-state index contributed by atoms with van der Waals surface area (Å²) < 4.78 is 0. The van der Waals surface area contributed by atoms with Crippen LogP contribution < -0.4 is 16.4 Å². The zero-order chi connectivity index (χ0) is 13.3. The van der Waals surface area contributed by atoms with Gasteiger partial charge in [-0.05, 0) is 13.3 Å². The number of nitrogens with one attached hydrogen (secondary N) is 2. The highest BCUT2D eigenvalue weighted by molar-refractivity contribution is 5.84. The highest BCUT2D eigenvalue weighted by Gasteiger charge is 2.20. The van der Waals surface area contributed by atoms with E-state index in [0.29, 0.717) is 6.54 Å². The third-order valence-corrected chi connectivity index (χ3v) is 2.04. The average molecular weight is 245 g/mol. The third kappa shape index (κ3) is 7.29. The monoisotopic (exact) mass is 245 g/mol. The van der Waals surface area contributed by atoms with Crippen LogP contribution in [0, 0.1) is 0 Å². The second-order valence-corrected chi connectivity index (χ2v) is 3.49. The molecule has 0 saturated heterocycles. The summed E-state index contributed by atoms with van der Waals surface area (Å²) in [5.74, 6) is -1.80. The normalized spacial score (nSPS) is 11.6. The average Bonchev–Trinajstić information content (AvgIpc) is 2.24. The molecule has 98 valence electrons. The van der Waals surface area contributed by atoms with E-state index in [2.05, 4.69) is 10.6 Å². The smallest absolute Gasteiger partial charge is 0.326 e.